The van der Waals surface area contributed by atoms with Gasteiger partial charge >= 0.3 is 0 Å². The highest BCUT2D eigenvalue weighted by atomic mass is 35.5. The van der Waals surface area contributed by atoms with Gasteiger partial charge in [-0.25, -0.2) is 0 Å². The van der Waals surface area contributed by atoms with E-state index in [-0.39, 0.29) is 5.57 Å². The molecule has 0 bridgehead atoms. The average molecular weight is 289 g/mol. The number of benzene rings is 1. The maximum atomic E-state index is 8.74. The second-order valence-corrected chi connectivity index (χ2v) is 4.57. The third kappa shape index (κ3) is 3.21. The lowest BCUT2D eigenvalue weighted by Gasteiger charge is -2.31. The van der Waals surface area contributed by atoms with E-state index in [0.29, 0.717) is 18.2 Å². The molecule has 1 aliphatic rings. The van der Waals surface area contributed by atoms with Gasteiger partial charge in [0.25, 0.3) is 0 Å². The summed E-state index contributed by atoms with van der Waals surface area (Å²) in [6, 6.07) is 9.11. The largest absolute Gasteiger partial charge is 0.378 e. The first kappa shape index (κ1) is 14.2. The predicted octanol–water partition coefficient (Wildman–Crippen LogP) is 2.52. The van der Waals surface area contributed by atoms with Gasteiger partial charge in [0.05, 0.1) is 29.6 Å². The van der Waals surface area contributed by atoms with Crippen LogP contribution in [0.4, 0.5) is 11.4 Å². The van der Waals surface area contributed by atoms with Crippen LogP contribution in [0.5, 0.6) is 0 Å². The van der Waals surface area contributed by atoms with E-state index in [9.17, 15) is 0 Å². The molecule has 1 fully saturated rings. The summed E-state index contributed by atoms with van der Waals surface area (Å²) < 4.78 is 5.33. The number of hydrogen-bond acceptors (Lipinski definition) is 5. The molecule has 1 aliphatic heterocycles. The molecule has 0 aliphatic carbocycles. The van der Waals surface area contributed by atoms with Gasteiger partial charge in [-0.2, -0.15) is 10.5 Å². The number of halogens is 1. The minimum Gasteiger partial charge on any atom is -0.378 e. The number of nitrogens with zero attached hydrogens (tertiary/aromatic N) is 3. The average Bonchev–Trinajstić information content (AvgIpc) is 2.49. The SMILES string of the molecule is N#CC(C#N)=CNc1cccc(Cl)c1N1CCOCC1. The molecule has 0 aromatic heterocycles. The lowest BCUT2D eigenvalue weighted by molar-refractivity contribution is 0.123. The molecule has 0 atom stereocenters. The summed E-state index contributed by atoms with van der Waals surface area (Å²) in [6.45, 7) is 2.82. The molecule has 1 N–H and O–H groups in total. The van der Waals surface area contributed by atoms with Crippen LogP contribution in [0.3, 0.4) is 0 Å². The molecule has 1 saturated heterocycles. The monoisotopic (exact) mass is 288 g/mol. The van der Waals surface area contributed by atoms with E-state index in [4.69, 9.17) is 26.9 Å². The van der Waals surface area contributed by atoms with Crippen LogP contribution in [0.2, 0.25) is 5.02 Å². The van der Waals surface area contributed by atoms with Gasteiger partial charge in [-0.1, -0.05) is 17.7 Å². The summed E-state index contributed by atoms with van der Waals surface area (Å²) >= 11 is 6.27. The molecule has 0 unspecified atom stereocenters. The van der Waals surface area contributed by atoms with Crippen LogP contribution in [0, 0.1) is 22.7 Å². The van der Waals surface area contributed by atoms with E-state index in [0.717, 1.165) is 24.5 Å². The van der Waals surface area contributed by atoms with Gasteiger partial charge in [-0.05, 0) is 12.1 Å². The Hall–Kier alpha value is -2.21. The number of hydrogen-bond donors (Lipinski definition) is 1. The summed E-state index contributed by atoms with van der Waals surface area (Å²) in [6.07, 6.45) is 1.38. The van der Waals surface area contributed by atoms with Gasteiger partial charge in [0.1, 0.15) is 17.7 Å². The van der Waals surface area contributed by atoms with Crippen LogP contribution in [0.25, 0.3) is 0 Å². The van der Waals surface area contributed by atoms with Gasteiger partial charge < -0.3 is 15.0 Å². The van der Waals surface area contributed by atoms with Crippen molar-refractivity contribution in [3.63, 3.8) is 0 Å². The normalized spacial score (nSPS) is 14.1. The lowest BCUT2D eigenvalue weighted by atomic mass is 10.2. The van der Waals surface area contributed by atoms with Gasteiger partial charge in [0, 0.05) is 19.3 Å². The molecule has 1 aromatic rings. The molecule has 6 heteroatoms. The number of anilines is 2. The van der Waals surface area contributed by atoms with Crippen LogP contribution in [-0.4, -0.2) is 26.3 Å². The first-order valence-corrected chi connectivity index (χ1v) is 6.52. The molecule has 1 aromatic carbocycles. The summed E-state index contributed by atoms with van der Waals surface area (Å²) in [5, 5.41) is 21.1. The predicted molar refractivity (Wildman–Crippen MR) is 77.4 cm³/mol. The number of ether oxygens (including phenoxy) is 1. The highest BCUT2D eigenvalue weighted by Crippen LogP contribution is 2.34. The second kappa shape index (κ2) is 6.81. The molecule has 0 radical (unpaired) electrons. The Morgan fingerprint density at radius 3 is 2.65 bits per heavy atom. The highest BCUT2D eigenvalue weighted by Gasteiger charge is 2.17. The highest BCUT2D eigenvalue weighted by molar-refractivity contribution is 6.34. The Balaban J connectivity index is 2.29. The fourth-order valence-electron chi connectivity index (χ4n) is 1.98. The van der Waals surface area contributed by atoms with Crippen molar-refractivity contribution in [2.75, 3.05) is 36.5 Å². The Bertz CT molecular complexity index is 578. The van der Waals surface area contributed by atoms with Crippen molar-refractivity contribution in [1.82, 2.24) is 0 Å². The van der Waals surface area contributed by atoms with Crippen molar-refractivity contribution in [2.45, 2.75) is 0 Å². The molecule has 0 amide bonds. The number of nitriles is 2. The first-order valence-electron chi connectivity index (χ1n) is 6.14. The van der Waals surface area contributed by atoms with Crippen LogP contribution < -0.4 is 10.2 Å². The number of allylic oxidation sites excluding steroid dienone is 1. The minimum absolute atomic E-state index is 0.0119. The summed E-state index contributed by atoms with van der Waals surface area (Å²) in [4.78, 5) is 2.13. The van der Waals surface area contributed by atoms with Crippen molar-refractivity contribution < 1.29 is 4.74 Å². The summed E-state index contributed by atoms with van der Waals surface area (Å²) in [5.74, 6) is 0. The lowest BCUT2D eigenvalue weighted by Crippen LogP contribution is -2.36. The number of morpholine rings is 1. The van der Waals surface area contributed by atoms with Gasteiger partial charge in [-0.15, -0.1) is 0 Å². The number of nitrogens with one attached hydrogen (secondary N) is 1. The van der Waals surface area contributed by atoms with Gasteiger partial charge in [0.15, 0.2) is 0 Å². The standard InChI is InChI=1S/C14H13ClN4O/c15-12-2-1-3-13(18-10-11(8-16)9-17)14(12)19-4-6-20-7-5-19/h1-3,10,18H,4-7H2. The van der Waals surface area contributed by atoms with Crippen LogP contribution >= 0.6 is 11.6 Å². The topological polar surface area (TPSA) is 72.1 Å². The van der Waals surface area contributed by atoms with E-state index in [1.54, 1.807) is 12.1 Å². The van der Waals surface area contributed by atoms with E-state index in [2.05, 4.69) is 10.2 Å². The van der Waals surface area contributed by atoms with E-state index >= 15 is 0 Å². The van der Waals surface area contributed by atoms with Crippen molar-refractivity contribution in [2.24, 2.45) is 0 Å². The maximum absolute atomic E-state index is 8.74. The van der Waals surface area contributed by atoms with Crippen LogP contribution in [0.15, 0.2) is 30.0 Å². The molecule has 1 heterocycles. The number of para-hydroxylation sites is 1. The maximum Gasteiger partial charge on any atom is 0.145 e. The zero-order valence-corrected chi connectivity index (χ0v) is 11.5. The van der Waals surface area contributed by atoms with Crippen molar-refractivity contribution in [3.8, 4) is 12.1 Å². The van der Waals surface area contributed by atoms with Crippen LogP contribution in [0.1, 0.15) is 0 Å². The fourth-order valence-corrected chi connectivity index (χ4v) is 2.27. The zero-order chi connectivity index (χ0) is 14.4. The molecule has 5 nitrogen and oxygen atoms in total. The van der Waals surface area contributed by atoms with Crippen molar-refractivity contribution in [1.29, 1.82) is 10.5 Å². The molecule has 0 spiro atoms. The van der Waals surface area contributed by atoms with Crippen LogP contribution in [-0.2, 0) is 4.74 Å². The molecule has 2 rings (SSSR count). The van der Waals surface area contributed by atoms with Gasteiger partial charge in [-0.3, -0.25) is 0 Å². The van der Waals surface area contributed by atoms with E-state index < -0.39 is 0 Å². The fraction of sp³-hybridized carbons (Fsp3) is 0.286. The number of rotatable bonds is 3. The Kier molecular flexibility index (Phi) is 4.84. The second-order valence-electron chi connectivity index (χ2n) is 4.16. The third-order valence-electron chi connectivity index (χ3n) is 2.93. The van der Waals surface area contributed by atoms with Crippen molar-refractivity contribution in [3.05, 3.63) is 35.0 Å². The molecular weight excluding hydrogens is 276 g/mol. The zero-order valence-electron chi connectivity index (χ0n) is 10.8. The summed E-state index contributed by atoms with van der Waals surface area (Å²) in [7, 11) is 0. The molecule has 0 saturated carbocycles. The smallest absolute Gasteiger partial charge is 0.145 e. The Morgan fingerprint density at radius 2 is 2.00 bits per heavy atom. The van der Waals surface area contributed by atoms with Crippen molar-refractivity contribution >= 4 is 23.0 Å². The van der Waals surface area contributed by atoms with E-state index in [1.807, 2.05) is 18.2 Å². The quantitative estimate of drug-likeness (QED) is 0.865. The van der Waals surface area contributed by atoms with Gasteiger partial charge in [0.2, 0.25) is 0 Å². The molecular formula is C14H13ClN4O. The third-order valence-corrected chi connectivity index (χ3v) is 3.23. The summed E-state index contributed by atoms with van der Waals surface area (Å²) in [5.41, 5.74) is 1.64. The Morgan fingerprint density at radius 1 is 1.30 bits per heavy atom. The minimum atomic E-state index is 0.0119. The van der Waals surface area contributed by atoms with E-state index in [1.165, 1.54) is 6.20 Å². The molecule has 102 valence electrons. The Labute approximate surface area is 122 Å². The molecule has 20 heavy (non-hydrogen) atoms. The first-order chi connectivity index (χ1) is 9.76.